The van der Waals surface area contributed by atoms with Gasteiger partial charge in [-0.2, -0.15) is 0 Å². The van der Waals surface area contributed by atoms with Gasteiger partial charge in [0.25, 0.3) is 0 Å². The van der Waals surface area contributed by atoms with E-state index >= 15 is 0 Å². The summed E-state index contributed by atoms with van der Waals surface area (Å²) >= 11 is 1.84. The van der Waals surface area contributed by atoms with Crippen LogP contribution in [-0.4, -0.2) is 23.1 Å². The second kappa shape index (κ2) is 5.80. The summed E-state index contributed by atoms with van der Waals surface area (Å²) in [4.78, 5) is 8.48. The van der Waals surface area contributed by atoms with Gasteiger partial charge in [0.1, 0.15) is 0 Å². The molecule has 0 bridgehead atoms. The van der Waals surface area contributed by atoms with E-state index in [-0.39, 0.29) is 5.54 Å². The van der Waals surface area contributed by atoms with Gasteiger partial charge in [0.2, 0.25) is 0 Å². The molecule has 1 aliphatic rings. The van der Waals surface area contributed by atoms with E-state index in [1.807, 2.05) is 17.5 Å². The third kappa shape index (κ3) is 4.77. The van der Waals surface area contributed by atoms with Gasteiger partial charge < -0.3 is 10.2 Å². The molecule has 1 aliphatic carbocycles. The number of hydrogen-bond donors (Lipinski definition) is 1. The summed E-state index contributed by atoms with van der Waals surface area (Å²) < 4.78 is 0. The van der Waals surface area contributed by atoms with Crippen molar-refractivity contribution in [2.24, 2.45) is 5.92 Å². The van der Waals surface area contributed by atoms with Crippen LogP contribution < -0.4 is 10.2 Å². The van der Waals surface area contributed by atoms with Gasteiger partial charge in [-0.25, -0.2) is 4.98 Å². The lowest BCUT2D eigenvalue weighted by atomic mass is 10.1. The maximum Gasteiger partial charge on any atom is 0.185 e. The van der Waals surface area contributed by atoms with Crippen LogP contribution >= 0.6 is 11.3 Å². The Hall–Kier alpha value is -0.610. The average molecular weight is 281 g/mol. The number of hydrogen-bond acceptors (Lipinski definition) is 4. The van der Waals surface area contributed by atoms with Crippen molar-refractivity contribution in [2.45, 2.75) is 65.6 Å². The van der Waals surface area contributed by atoms with E-state index in [2.05, 4.69) is 49.8 Å². The van der Waals surface area contributed by atoms with Crippen LogP contribution in [-0.2, 0) is 6.54 Å². The smallest absolute Gasteiger partial charge is 0.185 e. The van der Waals surface area contributed by atoms with Crippen LogP contribution in [0.5, 0.6) is 0 Å². The van der Waals surface area contributed by atoms with Crippen molar-refractivity contribution < 1.29 is 0 Å². The summed E-state index contributed by atoms with van der Waals surface area (Å²) in [5.41, 5.74) is 0.165. The van der Waals surface area contributed by atoms with Crippen molar-refractivity contribution >= 4 is 16.5 Å². The van der Waals surface area contributed by atoms with Crippen LogP contribution in [0.3, 0.4) is 0 Å². The van der Waals surface area contributed by atoms with Crippen LogP contribution in [0.25, 0.3) is 0 Å². The van der Waals surface area contributed by atoms with Crippen molar-refractivity contribution in [1.29, 1.82) is 0 Å². The van der Waals surface area contributed by atoms with Crippen molar-refractivity contribution in [1.82, 2.24) is 10.3 Å². The van der Waals surface area contributed by atoms with Crippen LogP contribution in [0.4, 0.5) is 5.13 Å². The molecule has 1 fully saturated rings. The monoisotopic (exact) mass is 281 g/mol. The quantitative estimate of drug-likeness (QED) is 0.862. The van der Waals surface area contributed by atoms with E-state index in [0.29, 0.717) is 5.92 Å². The zero-order valence-electron chi connectivity index (χ0n) is 12.9. The summed E-state index contributed by atoms with van der Waals surface area (Å²) in [7, 11) is 0. The minimum absolute atomic E-state index is 0.165. The third-order valence-corrected chi connectivity index (χ3v) is 4.16. The summed E-state index contributed by atoms with van der Waals surface area (Å²) in [6.07, 6.45) is 4.71. The maximum atomic E-state index is 4.64. The van der Waals surface area contributed by atoms with Crippen molar-refractivity contribution in [2.75, 3.05) is 11.4 Å². The first-order valence-electron chi connectivity index (χ1n) is 7.31. The largest absolute Gasteiger partial charge is 0.345 e. The van der Waals surface area contributed by atoms with Crippen LogP contribution in [0.1, 0.15) is 52.3 Å². The highest BCUT2D eigenvalue weighted by Gasteiger charge is 2.31. The highest BCUT2D eigenvalue weighted by atomic mass is 32.1. The minimum atomic E-state index is 0.165. The van der Waals surface area contributed by atoms with Crippen molar-refractivity contribution in [3.05, 3.63) is 11.1 Å². The molecule has 2 rings (SSSR count). The fourth-order valence-corrected chi connectivity index (χ4v) is 2.96. The Labute approximate surface area is 121 Å². The first-order chi connectivity index (χ1) is 8.85. The first-order valence-corrected chi connectivity index (χ1v) is 8.13. The summed E-state index contributed by atoms with van der Waals surface area (Å²) in [5.74, 6) is 0.695. The molecule has 1 heterocycles. The predicted molar refractivity (Wildman–Crippen MR) is 83.9 cm³/mol. The molecule has 1 aromatic rings. The molecule has 0 unspecified atom stereocenters. The predicted octanol–water partition coefficient (Wildman–Crippen LogP) is 3.66. The highest BCUT2D eigenvalue weighted by Crippen LogP contribution is 2.34. The fraction of sp³-hybridized carbons (Fsp3) is 0.800. The van der Waals surface area contributed by atoms with Crippen LogP contribution in [0.15, 0.2) is 6.20 Å². The Morgan fingerprint density at radius 3 is 2.63 bits per heavy atom. The summed E-state index contributed by atoms with van der Waals surface area (Å²) in [5, 5.41) is 4.74. The molecule has 0 spiro atoms. The van der Waals surface area contributed by atoms with E-state index in [9.17, 15) is 0 Å². The molecule has 1 saturated carbocycles. The third-order valence-electron chi connectivity index (χ3n) is 3.13. The molecule has 1 N–H and O–H groups in total. The lowest BCUT2D eigenvalue weighted by molar-refractivity contribution is 0.426. The molecule has 0 amide bonds. The molecule has 4 heteroatoms. The topological polar surface area (TPSA) is 28.2 Å². The van der Waals surface area contributed by atoms with Gasteiger partial charge in [0.05, 0.1) is 0 Å². The van der Waals surface area contributed by atoms with Crippen molar-refractivity contribution in [3.8, 4) is 0 Å². The van der Waals surface area contributed by atoms with E-state index in [1.54, 1.807) is 0 Å². The standard InChI is InChI=1S/C15H27N3S/c1-11(2)10-18(12-6-7-12)14-16-8-13(19-14)9-17-15(3,4)5/h8,11-12,17H,6-7,9-10H2,1-5H3. The number of thiazole rings is 1. The number of rotatable bonds is 6. The van der Waals surface area contributed by atoms with E-state index in [0.717, 1.165) is 19.1 Å². The number of anilines is 1. The molecule has 0 atom stereocenters. The van der Waals surface area contributed by atoms with Crippen LogP contribution in [0.2, 0.25) is 0 Å². The Morgan fingerprint density at radius 2 is 2.11 bits per heavy atom. The molecule has 3 nitrogen and oxygen atoms in total. The normalized spacial score (nSPS) is 16.1. The highest BCUT2D eigenvalue weighted by molar-refractivity contribution is 7.15. The lowest BCUT2D eigenvalue weighted by Crippen LogP contribution is -2.34. The minimum Gasteiger partial charge on any atom is -0.345 e. The Balaban J connectivity index is 1.98. The van der Waals surface area contributed by atoms with Gasteiger partial charge in [0.15, 0.2) is 5.13 Å². The molecular formula is C15H27N3S. The molecule has 0 aromatic carbocycles. The molecule has 1 aromatic heterocycles. The van der Waals surface area contributed by atoms with Gasteiger partial charge in [-0.05, 0) is 39.5 Å². The number of nitrogens with one attached hydrogen (secondary N) is 1. The summed E-state index contributed by atoms with van der Waals surface area (Å²) in [6.45, 7) is 13.2. The molecule has 0 aliphatic heterocycles. The molecule has 108 valence electrons. The van der Waals surface area contributed by atoms with Gasteiger partial charge in [-0.15, -0.1) is 11.3 Å². The fourth-order valence-electron chi connectivity index (χ4n) is 2.03. The second-order valence-corrected chi connectivity index (χ2v) is 8.08. The van der Waals surface area contributed by atoms with Gasteiger partial charge in [-0.3, -0.25) is 0 Å². The number of aromatic nitrogens is 1. The Kier molecular flexibility index (Phi) is 4.51. The maximum absolute atomic E-state index is 4.64. The first kappa shape index (κ1) is 14.8. The second-order valence-electron chi connectivity index (χ2n) is 6.99. The van der Waals surface area contributed by atoms with Gasteiger partial charge >= 0.3 is 0 Å². The Bertz CT molecular complexity index is 402. The van der Waals surface area contributed by atoms with E-state index in [1.165, 1.54) is 22.9 Å². The Morgan fingerprint density at radius 1 is 1.42 bits per heavy atom. The molecular weight excluding hydrogens is 254 g/mol. The van der Waals surface area contributed by atoms with E-state index < -0.39 is 0 Å². The van der Waals surface area contributed by atoms with Crippen molar-refractivity contribution in [3.63, 3.8) is 0 Å². The lowest BCUT2D eigenvalue weighted by Gasteiger charge is -2.23. The zero-order chi connectivity index (χ0) is 14.0. The number of nitrogens with zero attached hydrogens (tertiary/aromatic N) is 2. The van der Waals surface area contributed by atoms with Gasteiger partial charge in [0, 0.05) is 35.7 Å². The molecule has 0 saturated heterocycles. The SMILES string of the molecule is CC(C)CN(c1ncc(CNC(C)(C)C)s1)C1CC1. The van der Waals surface area contributed by atoms with Crippen LogP contribution in [0, 0.1) is 5.92 Å². The zero-order valence-corrected chi connectivity index (χ0v) is 13.7. The van der Waals surface area contributed by atoms with Gasteiger partial charge in [-0.1, -0.05) is 13.8 Å². The average Bonchev–Trinajstić information content (AvgIpc) is 3.01. The molecule has 19 heavy (non-hydrogen) atoms. The summed E-state index contributed by atoms with van der Waals surface area (Å²) in [6, 6.07) is 0.747. The van der Waals surface area contributed by atoms with E-state index in [4.69, 9.17) is 0 Å². The molecule has 0 radical (unpaired) electrons.